The Kier molecular flexibility index (Phi) is 5.59. The molecule has 0 aromatic heterocycles. The first-order valence-electron chi connectivity index (χ1n) is 2.71. The quantitative estimate of drug-likeness (QED) is 0.439. The average Bonchev–Trinajstić information content (AvgIpc) is 1.68. The molecule has 8 heavy (non-hydrogen) atoms. The number of thiol groups is 1. The second-order valence-electron chi connectivity index (χ2n) is 1.42. The number of hydrogen-bond donors (Lipinski definition) is 2. The second kappa shape index (κ2) is 5.41. The second-order valence-corrected chi connectivity index (χ2v) is 2.00. The van der Waals surface area contributed by atoms with E-state index in [1.807, 2.05) is 6.92 Å². The van der Waals surface area contributed by atoms with Gasteiger partial charge in [-0.25, -0.2) is 0 Å². The molecule has 1 unspecified atom stereocenters. The van der Waals surface area contributed by atoms with E-state index in [9.17, 15) is 0 Å². The van der Waals surface area contributed by atoms with E-state index in [0.717, 1.165) is 0 Å². The van der Waals surface area contributed by atoms with Crippen molar-refractivity contribution < 1.29 is 9.84 Å². The van der Waals surface area contributed by atoms with Crippen LogP contribution in [-0.4, -0.2) is 23.8 Å². The summed E-state index contributed by atoms with van der Waals surface area (Å²) in [4.78, 5) is 0. The highest BCUT2D eigenvalue weighted by molar-refractivity contribution is 7.80. The molecule has 0 aliphatic heterocycles. The fourth-order valence-electron chi connectivity index (χ4n) is 0.386. The first-order valence-corrected chi connectivity index (χ1v) is 3.23. The lowest BCUT2D eigenvalue weighted by Crippen LogP contribution is -2.06. The Morgan fingerprint density at radius 3 is 2.75 bits per heavy atom. The highest BCUT2D eigenvalue weighted by atomic mass is 32.1. The van der Waals surface area contributed by atoms with Gasteiger partial charge in [0.25, 0.3) is 0 Å². The van der Waals surface area contributed by atoms with E-state index in [1.54, 1.807) is 0 Å². The minimum absolute atomic E-state index is 0.0926. The third kappa shape index (κ3) is 4.43. The molecule has 2 nitrogen and oxygen atoms in total. The molecule has 0 saturated heterocycles. The smallest absolute Gasteiger partial charge is 0.102 e. The number of ether oxygens (including phenoxy) is 1. The van der Waals surface area contributed by atoms with E-state index in [-0.39, 0.29) is 12.0 Å². The van der Waals surface area contributed by atoms with Gasteiger partial charge in [0.2, 0.25) is 0 Å². The van der Waals surface area contributed by atoms with Crippen molar-refractivity contribution in [3.05, 3.63) is 0 Å². The topological polar surface area (TPSA) is 29.5 Å². The summed E-state index contributed by atoms with van der Waals surface area (Å²) in [6.07, 6.45) is 0.608. The van der Waals surface area contributed by atoms with E-state index < -0.39 is 0 Å². The van der Waals surface area contributed by atoms with Crippen molar-refractivity contribution in [1.82, 2.24) is 0 Å². The Morgan fingerprint density at radius 1 is 1.75 bits per heavy atom. The zero-order valence-electron chi connectivity index (χ0n) is 5.00. The number of hydrogen-bond acceptors (Lipinski definition) is 3. The van der Waals surface area contributed by atoms with Gasteiger partial charge in [0.05, 0.1) is 0 Å². The zero-order valence-corrected chi connectivity index (χ0v) is 5.90. The van der Waals surface area contributed by atoms with Gasteiger partial charge >= 0.3 is 0 Å². The first-order chi connectivity index (χ1) is 3.81. The molecular weight excluding hydrogens is 124 g/mol. The molecule has 0 aliphatic rings. The lowest BCUT2D eigenvalue weighted by molar-refractivity contribution is 0.104. The maximum absolute atomic E-state index is 8.33. The van der Waals surface area contributed by atoms with Crippen molar-refractivity contribution >= 4 is 12.6 Å². The molecule has 0 aromatic carbocycles. The summed E-state index contributed by atoms with van der Waals surface area (Å²) < 4.78 is 4.99. The monoisotopic (exact) mass is 136 g/mol. The van der Waals surface area contributed by atoms with Crippen LogP contribution in [0.2, 0.25) is 0 Å². The van der Waals surface area contributed by atoms with E-state index in [1.165, 1.54) is 0 Å². The number of aliphatic hydroxyl groups excluding tert-OH is 1. The highest BCUT2D eigenvalue weighted by Gasteiger charge is 1.97. The Morgan fingerprint density at radius 2 is 2.38 bits per heavy atom. The SMILES string of the molecule is CCOC(S)CCO. The molecule has 0 amide bonds. The lowest BCUT2D eigenvalue weighted by atomic mass is 10.5. The summed E-state index contributed by atoms with van der Waals surface area (Å²) in [5, 5.41) is 8.33. The van der Waals surface area contributed by atoms with Crippen LogP contribution in [-0.2, 0) is 4.74 Å². The normalized spacial score (nSPS) is 13.9. The Labute approximate surface area is 55.3 Å². The minimum Gasteiger partial charge on any atom is -0.396 e. The van der Waals surface area contributed by atoms with Gasteiger partial charge in [0.15, 0.2) is 0 Å². The van der Waals surface area contributed by atoms with Gasteiger partial charge in [-0.15, -0.1) is 12.6 Å². The van der Waals surface area contributed by atoms with Crippen molar-refractivity contribution in [2.75, 3.05) is 13.2 Å². The van der Waals surface area contributed by atoms with Crippen LogP contribution in [0.25, 0.3) is 0 Å². The van der Waals surface area contributed by atoms with Crippen molar-refractivity contribution in [3.8, 4) is 0 Å². The van der Waals surface area contributed by atoms with E-state index >= 15 is 0 Å². The molecule has 0 fully saturated rings. The molecule has 0 bridgehead atoms. The summed E-state index contributed by atoms with van der Waals surface area (Å²) in [5.74, 6) is 0. The molecule has 0 spiro atoms. The molecule has 1 N–H and O–H groups in total. The fourth-order valence-corrected chi connectivity index (χ4v) is 0.651. The molecule has 0 aromatic rings. The standard InChI is InChI=1S/C5H12O2S/c1-2-7-5(8)3-4-6/h5-6,8H,2-4H2,1H3. The first kappa shape index (κ1) is 8.27. The number of aliphatic hydroxyl groups is 1. The van der Waals surface area contributed by atoms with Gasteiger partial charge in [-0.05, 0) is 6.92 Å². The van der Waals surface area contributed by atoms with Crippen molar-refractivity contribution in [2.24, 2.45) is 0 Å². The molecule has 0 heterocycles. The maximum atomic E-state index is 8.33. The minimum atomic E-state index is -0.0926. The van der Waals surface area contributed by atoms with E-state index in [2.05, 4.69) is 12.6 Å². The van der Waals surface area contributed by atoms with Gasteiger partial charge in [0.1, 0.15) is 5.44 Å². The Balaban J connectivity index is 2.92. The van der Waals surface area contributed by atoms with Crippen molar-refractivity contribution in [3.63, 3.8) is 0 Å². The van der Waals surface area contributed by atoms with Crippen molar-refractivity contribution in [2.45, 2.75) is 18.8 Å². The Hall–Kier alpha value is 0.270. The number of rotatable bonds is 4. The summed E-state index contributed by atoms with van der Waals surface area (Å²) >= 11 is 4.01. The van der Waals surface area contributed by atoms with Gasteiger partial charge in [0, 0.05) is 19.6 Å². The third-order valence-electron chi connectivity index (χ3n) is 0.735. The molecule has 0 rings (SSSR count). The van der Waals surface area contributed by atoms with Crippen LogP contribution in [0.4, 0.5) is 0 Å². The molecule has 50 valence electrons. The molecule has 1 atom stereocenters. The summed E-state index contributed by atoms with van der Waals surface area (Å²) in [7, 11) is 0. The maximum Gasteiger partial charge on any atom is 0.102 e. The van der Waals surface area contributed by atoms with E-state index in [4.69, 9.17) is 9.84 Å². The van der Waals surface area contributed by atoms with Crippen LogP contribution >= 0.6 is 12.6 Å². The Bertz CT molecular complexity index is 43.7. The summed E-state index contributed by atoms with van der Waals surface area (Å²) in [6, 6.07) is 0. The molecule has 0 radical (unpaired) electrons. The molecule has 0 aliphatic carbocycles. The van der Waals surface area contributed by atoms with Crippen LogP contribution < -0.4 is 0 Å². The van der Waals surface area contributed by atoms with Crippen LogP contribution in [0.3, 0.4) is 0 Å². The third-order valence-corrected chi connectivity index (χ3v) is 1.14. The van der Waals surface area contributed by atoms with E-state index in [0.29, 0.717) is 13.0 Å². The van der Waals surface area contributed by atoms with Crippen molar-refractivity contribution in [1.29, 1.82) is 0 Å². The molecule has 0 saturated carbocycles. The average molecular weight is 136 g/mol. The molecular formula is C5H12O2S. The van der Waals surface area contributed by atoms with Gasteiger partial charge < -0.3 is 9.84 Å². The van der Waals surface area contributed by atoms with Gasteiger partial charge in [-0.3, -0.25) is 0 Å². The van der Waals surface area contributed by atoms with Gasteiger partial charge in [-0.2, -0.15) is 0 Å². The van der Waals surface area contributed by atoms with Gasteiger partial charge in [-0.1, -0.05) is 0 Å². The fraction of sp³-hybridized carbons (Fsp3) is 1.00. The predicted octanol–water partition coefficient (Wildman–Crippen LogP) is 0.661. The highest BCUT2D eigenvalue weighted by Crippen LogP contribution is 2.00. The van der Waals surface area contributed by atoms with Crippen LogP contribution in [0.15, 0.2) is 0 Å². The zero-order chi connectivity index (χ0) is 6.41. The lowest BCUT2D eigenvalue weighted by Gasteiger charge is -2.06. The predicted molar refractivity (Wildman–Crippen MR) is 36.1 cm³/mol. The largest absolute Gasteiger partial charge is 0.396 e. The summed E-state index contributed by atoms with van der Waals surface area (Å²) in [6.45, 7) is 2.71. The summed E-state index contributed by atoms with van der Waals surface area (Å²) in [5.41, 5.74) is -0.0926. The molecule has 3 heteroatoms. The van der Waals surface area contributed by atoms with Crippen LogP contribution in [0.1, 0.15) is 13.3 Å². The van der Waals surface area contributed by atoms with Crippen LogP contribution in [0.5, 0.6) is 0 Å². The van der Waals surface area contributed by atoms with Crippen LogP contribution in [0, 0.1) is 0 Å².